The van der Waals surface area contributed by atoms with Gasteiger partial charge in [0.15, 0.2) is 0 Å². The highest BCUT2D eigenvalue weighted by Gasteiger charge is 1.99. The second-order valence-electron chi connectivity index (χ2n) is 3.43. The molecule has 0 aliphatic carbocycles. The number of pyridine rings is 1. The number of aromatic nitrogens is 3. The van der Waals surface area contributed by atoms with Gasteiger partial charge in [-0.1, -0.05) is 0 Å². The summed E-state index contributed by atoms with van der Waals surface area (Å²) in [6.45, 7) is 2.84. The minimum atomic E-state index is 0.788. The molecule has 2 aromatic heterocycles. The fraction of sp³-hybridized carbons (Fsp3) is 0.273. The number of rotatable bonds is 3. The third-order valence-corrected chi connectivity index (χ3v) is 2.34. The van der Waals surface area contributed by atoms with Crippen molar-refractivity contribution in [3.8, 4) is 0 Å². The molecule has 2 rings (SSSR count). The molecule has 0 unspecified atom stereocenters. The fourth-order valence-corrected chi connectivity index (χ4v) is 1.45. The molecule has 78 valence electrons. The number of aryl methyl sites for hydroxylation is 1. The highest BCUT2D eigenvalue weighted by Crippen LogP contribution is 2.08. The quantitative estimate of drug-likeness (QED) is 0.823. The minimum Gasteiger partial charge on any atom is -0.373 e. The van der Waals surface area contributed by atoms with Crippen LogP contribution >= 0.6 is 0 Å². The number of nitrogens with zero attached hydrogens (tertiary/aromatic N) is 3. The molecule has 0 saturated heterocycles. The Labute approximate surface area is 89.0 Å². The van der Waals surface area contributed by atoms with Gasteiger partial charge in [-0.2, -0.15) is 5.10 Å². The molecule has 0 saturated carbocycles. The lowest BCUT2D eigenvalue weighted by molar-refractivity contribution is 0.665. The van der Waals surface area contributed by atoms with E-state index in [0.717, 1.165) is 18.1 Å². The number of nitrogens with one attached hydrogen (secondary N) is 1. The van der Waals surface area contributed by atoms with Gasteiger partial charge in [0.1, 0.15) is 5.82 Å². The predicted molar refractivity (Wildman–Crippen MR) is 59.8 cm³/mol. The van der Waals surface area contributed by atoms with Crippen molar-refractivity contribution in [3.05, 3.63) is 41.9 Å². The Morgan fingerprint density at radius 3 is 2.87 bits per heavy atom. The molecule has 0 aromatic carbocycles. The summed E-state index contributed by atoms with van der Waals surface area (Å²) in [5.74, 6) is 0.886. The van der Waals surface area contributed by atoms with Crippen molar-refractivity contribution in [1.82, 2.24) is 14.8 Å². The highest BCUT2D eigenvalue weighted by molar-refractivity contribution is 5.36. The lowest BCUT2D eigenvalue weighted by atomic mass is 10.2. The maximum atomic E-state index is 4.24. The van der Waals surface area contributed by atoms with Crippen molar-refractivity contribution in [2.45, 2.75) is 13.5 Å². The molecule has 0 bridgehead atoms. The molecule has 0 aliphatic heterocycles. The molecule has 2 aromatic rings. The first-order valence-electron chi connectivity index (χ1n) is 4.90. The summed E-state index contributed by atoms with van der Waals surface area (Å²) >= 11 is 0. The van der Waals surface area contributed by atoms with Gasteiger partial charge >= 0.3 is 0 Å². The molecule has 0 spiro atoms. The van der Waals surface area contributed by atoms with E-state index in [4.69, 9.17) is 0 Å². The zero-order valence-electron chi connectivity index (χ0n) is 8.94. The third kappa shape index (κ3) is 2.15. The van der Waals surface area contributed by atoms with Crippen LogP contribution in [0, 0.1) is 6.92 Å². The molecule has 0 amide bonds. The van der Waals surface area contributed by atoms with Crippen LogP contribution in [0.5, 0.6) is 0 Å². The summed E-state index contributed by atoms with van der Waals surface area (Å²) in [5.41, 5.74) is 2.36. The van der Waals surface area contributed by atoms with Gasteiger partial charge in [-0.25, -0.2) is 4.98 Å². The summed E-state index contributed by atoms with van der Waals surface area (Å²) in [7, 11) is 1.87. The van der Waals surface area contributed by atoms with E-state index in [1.807, 2.05) is 43.0 Å². The summed E-state index contributed by atoms with van der Waals surface area (Å²) in [6.07, 6.45) is 3.62. The van der Waals surface area contributed by atoms with Crippen LogP contribution in [0.4, 0.5) is 5.82 Å². The van der Waals surface area contributed by atoms with Crippen LogP contribution in [-0.2, 0) is 6.54 Å². The third-order valence-electron chi connectivity index (χ3n) is 2.34. The first kappa shape index (κ1) is 9.71. The maximum Gasteiger partial charge on any atom is 0.125 e. The van der Waals surface area contributed by atoms with E-state index in [1.54, 1.807) is 6.20 Å². The Balaban J connectivity index is 2.21. The predicted octanol–water partition coefficient (Wildman–Crippen LogP) is 1.68. The molecule has 4 heteroatoms. The molecular weight excluding hydrogens is 188 g/mol. The number of hydrogen-bond acceptors (Lipinski definition) is 3. The van der Waals surface area contributed by atoms with Gasteiger partial charge in [0.2, 0.25) is 0 Å². The van der Waals surface area contributed by atoms with Crippen molar-refractivity contribution in [2.75, 3.05) is 12.4 Å². The Bertz CT molecular complexity index is 447. The average Bonchev–Trinajstić information content (AvgIpc) is 2.65. The highest BCUT2D eigenvalue weighted by atomic mass is 15.3. The molecule has 1 N–H and O–H groups in total. The van der Waals surface area contributed by atoms with Crippen LogP contribution in [-0.4, -0.2) is 21.8 Å². The van der Waals surface area contributed by atoms with Gasteiger partial charge in [-0.15, -0.1) is 0 Å². The average molecular weight is 202 g/mol. The molecule has 2 heterocycles. The molecule has 0 aliphatic rings. The second-order valence-corrected chi connectivity index (χ2v) is 3.43. The Hall–Kier alpha value is -1.84. The minimum absolute atomic E-state index is 0.788. The van der Waals surface area contributed by atoms with Gasteiger partial charge in [0, 0.05) is 25.1 Å². The van der Waals surface area contributed by atoms with Gasteiger partial charge < -0.3 is 5.32 Å². The second kappa shape index (κ2) is 4.13. The largest absolute Gasteiger partial charge is 0.373 e. The van der Waals surface area contributed by atoms with E-state index in [9.17, 15) is 0 Å². The number of hydrogen-bond donors (Lipinski definition) is 1. The summed E-state index contributed by atoms with van der Waals surface area (Å²) in [5, 5.41) is 7.26. The lowest BCUT2D eigenvalue weighted by Gasteiger charge is -2.06. The van der Waals surface area contributed by atoms with Crippen LogP contribution in [0.25, 0.3) is 0 Å². The van der Waals surface area contributed by atoms with Crippen molar-refractivity contribution in [2.24, 2.45) is 0 Å². The Morgan fingerprint density at radius 1 is 1.33 bits per heavy atom. The Morgan fingerprint density at radius 2 is 2.20 bits per heavy atom. The first-order chi connectivity index (χ1) is 7.29. The van der Waals surface area contributed by atoms with Crippen molar-refractivity contribution in [3.63, 3.8) is 0 Å². The molecule has 0 fully saturated rings. The van der Waals surface area contributed by atoms with Crippen LogP contribution in [0.15, 0.2) is 30.6 Å². The molecule has 0 atom stereocenters. The lowest BCUT2D eigenvalue weighted by Crippen LogP contribution is -2.04. The van der Waals surface area contributed by atoms with Gasteiger partial charge in [0.25, 0.3) is 0 Å². The van der Waals surface area contributed by atoms with Gasteiger partial charge in [-0.3, -0.25) is 4.68 Å². The van der Waals surface area contributed by atoms with E-state index in [-0.39, 0.29) is 0 Å². The van der Waals surface area contributed by atoms with Crippen molar-refractivity contribution >= 4 is 5.82 Å². The topological polar surface area (TPSA) is 42.7 Å². The number of anilines is 1. The molecule has 0 radical (unpaired) electrons. The maximum absolute atomic E-state index is 4.24. The summed E-state index contributed by atoms with van der Waals surface area (Å²) in [6, 6.07) is 6.03. The summed E-state index contributed by atoms with van der Waals surface area (Å²) in [4.78, 5) is 4.17. The van der Waals surface area contributed by atoms with Crippen molar-refractivity contribution in [1.29, 1.82) is 0 Å². The smallest absolute Gasteiger partial charge is 0.125 e. The van der Waals surface area contributed by atoms with E-state index in [2.05, 4.69) is 15.4 Å². The Kier molecular flexibility index (Phi) is 2.67. The van der Waals surface area contributed by atoms with Crippen LogP contribution in [0.1, 0.15) is 11.3 Å². The van der Waals surface area contributed by atoms with Gasteiger partial charge in [-0.05, 0) is 30.7 Å². The van der Waals surface area contributed by atoms with Crippen LogP contribution < -0.4 is 5.32 Å². The molecule has 15 heavy (non-hydrogen) atoms. The SMILES string of the molecule is CNc1cc(Cn2nccc2C)ccn1. The molecular formula is C11H14N4. The first-order valence-corrected chi connectivity index (χ1v) is 4.90. The zero-order valence-corrected chi connectivity index (χ0v) is 8.94. The molecule has 4 nitrogen and oxygen atoms in total. The van der Waals surface area contributed by atoms with Crippen LogP contribution in [0.2, 0.25) is 0 Å². The zero-order chi connectivity index (χ0) is 10.7. The van der Waals surface area contributed by atoms with Gasteiger partial charge in [0.05, 0.1) is 6.54 Å². The van der Waals surface area contributed by atoms with Crippen LogP contribution in [0.3, 0.4) is 0 Å². The normalized spacial score (nSPS) is 10.3. The van der Waals surface area contributed by atoms with Crippen molar-refractivity contribution < 1.29 is 0 Å². The van der Waals surface area contributed by atoms with E-state index in [0.29, 0.717) is 0 Å². The standard InChI is InChI=1S/C11H14N4/c1-9-3-6-14-15(9)8-10-4-5-13-11(7-10)12-2/h3-7H,8H2,1-2H3,(H,12,13). The fourth-order valence-electron chi connectivity index (χ4n) is 1.45. The van der Waals surface area contributed by atoms with E-state index >= 15 is 0 Å². The van der Waals surface area contributed by atoms with E-state index in [1.165, 1.54) is 5.56 Å². The summed E-state index contributed by atoms with van der Waals surface area (Å²) < 4.78 is 1.97. The monoisotopic (exact) mass is 202 g/mol. The van der Waals surface area contributed by atoms with E-state index < -0.39 is 0 Å².